The van der Waals surface area contributed by atoms with Crippen LogP contribution in [0, 0.1) is 0 Å². The second kappa shape index (κ2) is 8.43. The van der Waals surface area contributed by atoms with Crippen molar-refractivity contribution in [3.05, 3.63) is 35.9 Å². The molecule has 0 aliphatic carbocycles. The highest BCUT2D eigenvalue weighted by atomic mass is 15.2. The van der Waals surface area contributed by atoms with E-state index in [0.29, 0.717) is 6.04 Å². The van der Waals surface area contributed by atoms with Gasteiger partial charge < -0.3 is 10.2 Å². The van der Waals surface area contributed by atoms with Crippen LogP contribution >= 0.6 is 0 Å². The van der Waals surface area contributed by atoms with E-state index in [1.165, 1.54) is 50.6 Å². The van der Waals surface area contributed by atoms with Gasteiger partial charge in [0.2, 0.25) is 0 Å². The van der Waals surface area contributed by atoms with Crippen molar-refractivity contribution in [1.29, 1.82) is 0 Å². The molecule has 1 aliphatic heterocycles. The Morgan fingerprint density at radius 2 is 2.05 bits per heavy atom. The summed E-state index contributed by atoms with van der Waals surface area (Å²) in [5, 5.41) is 3.83. The van der Waals surface area contributed by atoms with Gasteiger partial charge in [0.15, 0.2) is 0 Å². The van der Waals surface area contributed by atoms with Gasteiger partial charge in [0.25, 0.3) is 0 Å². The molecule has 1 aromatic carbocycles. The first kappa shape index (κ1) is 15.5. The number of unbranched alkanes of at least 4 members (excludes halogenated alkanes) is 2. The van der Waals surface area contributed by atoms with Gasteiger partial charge in [-0.2, -0.15) is 0 Å². The maximum atomic E-state index is 3.83. The number of hydrogen-bond acceptors (Lipinski definition) is 2. The van der Waals surface area contributed by atoms with Crippen molar-refractivity contribution in [1.82, 2.24) is 10.2 Å². The summed E-state index contributed by atoms with van der Waals surface area (Å²) < 4.78 is 0. The van der Waals surface area contributed by atoms with Gasteiger partial charge in [0, 0.05) is 18.6 Å². The molecule has 0 spiro atoms. The third-order valence-corrected chi connectivity index (χ3v) is 4.57. The van der Waals surface area contributed by atoms with E-state index in [1.54, 1.807) is 0 Å². The molecule has 1 fully saturated rings. The average Bonchev–Trinajstić information content (AvgIpc) is 2.89. The van der Waals surface area contributed by atoms with Crippen LogP contribution < -0.4 is 5.32 Å². The van der Waals surface area contributed by atoms with Crippen LogP contribution in [0.5, 0.6) is 0 Å². The second-order valence-electron chi connectivity index (χ2n) is 6.14. The van der Waals surface area contributed by atoms with Crippen molar-refractivity contribution in [3.63, 3.8) is 0 Å². The molecular weight excluding hydrogens is 244 g/mol. The highest BCUT2D eigenvalue weighted by molar-refractivity contribution is 5.18. The van der Waals surface area contributed by atoms with Gasteiger partial charge in [0.05, 0.1) is 0 Å². The maximum Gasteiger partial charge on any atom is 0.0320 e. The van der Waals surface area contributed by atoms with Crippen LogP contribution in [0.15, 0.2) is 30.3 Å². The van der Waals surface area contributed by atoms with Crippen LogP contribution in [-0.4, -0.2) is 31.1 Å². The van der Waals surface area contributed by atoms with Crippen molar-refractivity contribution in [2.24, 2.45) is 0 Å². The molecule has 1 heterocycles. The van der Waals surface area contributed by atoms with Gasteiger partial charge in [-0.15, -0.1) is 0 Å². The van der Waals surface area contributed by atoms with Gasteiger partial charge in [-0.25, -0.2) is 0 Å². The van der Waals surface area contributed by atoms with Gasteiger partial charge in [-0.3, -0.25) is 0 Å². The van der Waals surface area contributed by atoms with Crippen LogP contribution in [0.25, 0.3) is 0 Å². The van der Waals surface area contributed by atoms with E-state index in [-0.39, 0.29) is 0 Å². The monoisotopic (exact) mass is 274 g/mol. The Morgan fingerprint density at radius 1 is 1.25 bits per heavy atom. The van der Waals surface area contributed by atoms with E-state index >= 15 is 0 Å². The summed E-state index contributed by atoms with van der Waals surface area (Å²) >= 11 is 0. The number of likely N-dealkylation sites (tertiary alicyclic amines) is 1. The minimum Gasteiger partial charge on any atom is -0.308 e. The molecule has 2 rings (SSSR count). The van der Waals surface area contributed by atoms with E-state index in [2.05, 4.69) is 54.5 Å². The van der Waals surface area contributed by atoms with Gasteiger partial charge in [-0.1, -0.05) is 56.5 Å². The predicted octanol–water partition coefficient (Wildman–Crippen LogP) is 3.99. The summed E-state index contributed by atoms with van der Waals surface area (Å²) in [6, 6.07) is 12.2. The van der Waals surface area contributed by atoms with E-state index < -0.39 is 0 Å². The Hall–Kier alpha value is -0.860. The lowest BCUT2D eigenvalue weighted by molar-refractivity contribution is 0.288. The van der Waals surface area contributed by atoms with Crippen molar-refractivity contribution in [3.8, 4) is 0 Å². The molecular formula is C18H30N2. The molecule has 0 saturated carbocycles. The smallest absolute Gasteiger partial charge is 0.0320 e. The molecule has 1 aliphatic rings. The Bertz CT molecular complexity index is 363. The zero-order chi connectivity index (χ0) is 14.2. The summed E-state index contributed by atoms with van der Waals surface area (Å²) in [5.41, 5.74) is 1.45. The lowest BCUT2D eigenvalue weighted by Crippen LogP contribution is -2.37. The second-order valence-corrected chi connectivity index (χ2v) is 6.14. The molecule has 2 nitrogen and oxygen atoms in total. The quantitative estimate of drug-likeness (QED) is 0.721. The number of benzene rings is 1. The normalized spacial score (nSPS) is 21.2. The number of hydrogen-bond donors (Lipinski definition) is 1. The first-order valence-electron chi connectivity index (χ1n) is 8.30. The predicted molar refractivity (Wildman–Crippen MR) is 87.0 cm³/mol. The van der Waals surface area contributed by atoms with Gasteiger partial charge >= 0.3 is 0 Å². The number of likely N-dealkylation sites (N-methyl/N-ethyl adjacent to an activating group) is 1. The lowest BCUT2D eigenvalue weighted by atomic mass is 10.00. The lowest BCUT2D eigenvalue weighted by Gasteiger charge is -2.25. The molecule has 0 aromatic heterocycles. The summed E-state index contributed by atoms with van der Waals surface area (Å²) in [6.07, 6.45) is 7.92. The third-order valence-electron chi connectivity index (χ3n) is 4.57. The number of rotatable bonds is 8. The molecule has 112 valence electrons. The van der Waals surface area contributed by atoms with Crippen LogP contribution in [0.3, 0.4) is 0 Å². The van der Waals surface area contributed by atoms with Crippen LogP contribution in [0.2, 0.25) is 0 Å². The van der Waals surface area contributed by atoms with Crippen LogP contribution in [0.1, 0.15) is 57.1 Å². The van der Waals surface area contributed by atoms with Crippen molar-refractivity contribution >= 4 is 0 Å². The maximum absolute atomic E-state index is 3.83. The van der Waals surface area contributed by atoms with Crippen molar-refractivity contribution < 1.29 is 0 Å². The molecule has 2 heteroatoms. The molecule has 1 N–H and O–H groups in total. The highest BCUT2D eigenvalue weighted by Crippen LogP contribution is 2.21. The van der Waals surface area contributed by atoms with E-state index in [1.807, 2.05) is 0 Å². The molecule has 1 aromatic rings. The average molecular weight is 274 g/mol. The Morgan fingerprint density at radius 3 is 2.70 bits per heavy atom. The summed E-state index contributed by atoms with van der Waals surface area (Å²) in [4.78, 5) is 2.50. The zero-order valence-corrected chi connectivity index (χ0v) is 13.1. The molecule has 1 saturated heterocycles. The minimum absolute atomic E-state index is 0.525. The summed E-state index contributed by atoms with van der Waals surface area (Å²) in [5.74, 6) is 0. The van der Waals surface area contributed by atoms with E-state index in [9.17, 15) is 0 Å². The minimum atomic E-state index is 0.525. The van der Waals surface area contributed by atoms with Crippen molar-refractivity contribution in [2.45, 2.75) is 57.5 Å². The number of nitrogens with one attached hydrogen (secondary N) is 1. The first-order chi connectivity index (χ1) is 9.81. The molecule has 0 radical (unpaired) electrons. The third kappa shape index (κ3) is 4.60. The molecule has 2 atom stereocenters. The van der Waals surface area contributed by atoms with E-state index in [4.69, 9.17) is 0 Å². The van der Waals surface area contributed by atoms with Crippen molar-refractivity contribution in [2.75, 3.05) is 20.1 Å². The Kier molecular flexibility index (Phi) is 6.55. The van der Waals surface area contributed by atoms with Gasteiger partial charge in [0.1, 0.15) is 0 Å². The summed E-state index contributed by atoms with van der Waals surface area (Å²) in [6.45, 7) is 4.67. The fourth-order valence-electron chi connectivity index (χ4n) is 3.19. The van der Waals surface area contributed by atoms with Crippen LogP contribution in [-0.2, 0) is 0 Å². The highest BCUT2D eigenvalue weighted by Gasteiger charge is 2.21. The zero-order valence-electron chi connectivity index (χ0n) is 13.1. The Labute approximate surface area is 124 Å². The standard InChI is InChI=1S/C18H30N2/c1-3-4-6-13-18(16-10-7-5-8-11-16)19-15-17-12-9-14-20(17)2/h5,7-8,10-11,17-19H,3-4,6,9,12-15H2,1-2H3. The molecule has 2 unspecified atom stereocenters. The summed E-state index contributed by atoms with van der Waals surface area (Å²) in [7, 11) is 2.26. The SMILES string of the molecule is CCCCCC(NCC1CCCN1C)c1ccccc1. The molecule has 0 bridgehead atoms. The molecule has 20 heavy (non-hydrogen) atoms. The Balaban J connectivity index is 1.88. The van der Waals surface area contributed by atoms with Crippen LogP contribution in [0.4, 0.5) is 0 Å². The fraction of sp³-hybridized carbons (Fsp3) is 0.667. The topological polar surface area (TPSA) is 15.3 Å². The van der Waals surface area contributed by atoms with Gasteiger partial charge in [-0.05, 0) is 38.4 Å². The fourth-order valence-corrected chi connectivity index (χ4v) is 3.19. The molecule has 0 amide bonds. The number of nitrogens with zero attached hydrogens (tertiary/aromatic N) is 1. The largest absolute Gasteiger partial charge is 0.308 e. The first-order valence-corrected chi connectivity index (χ1v) is 8.30. The van der Waals surface area contributed by atoms with E-state index in [0.717, 1.165) is 12.6 Å².